The summed E-state index contributed by atoms with van der Waals surface area (Å²) >= 11 is 0. The molecule has 1 fully saturated rings. The first kappa shape index (κ1) is 12.8. The van der Waals surface area contributed by atoms with Crippen molar-refractivity contribution in [1.29, 1.82) is 5.26 Å². The lowest BCUT2D eigenvalue weighted by atomic mass is 9.93. The number of carbonyl (C=O) groups is 1. The van der Waals surface area contributed by atoms with Gasteiger partial charge in [0, 0.05) is 18.2 Å². The zero-order valence-electron chi connectivity index (χ0n) is 10.0. The Morgan fingerprint density at radius 1 is 1.44 bits per heavy atom. The summed E-state index contributed by atoms with van der Waals surface area (Å²) in [6.07, 6.45) is 6.21. The number of nitrogens with zero attached hydrogens (tertiary/aromatic N) is 2. The molecule has 0 aromatic carbocycles. The maximum Gasteiger partial charge on any atom is 0.249 e. The molecule has 88 valence electrons. The van der Waals surface area contributed by atoms with E-state index >= 15 is 0 Å². The van der Waals surface area contributed by atoms with Gasteiger partial charge in [-0.15, -0.1) is 0 Å². The smallest absolute Gasteiger partial charge is 0.249 e. The minimum atomic E-state index is 0.0159. The van der Waals surface area contributed by atoms with Gasteiger partial charge in [-0.05, 0) is 19.8 Å². The lowest BCUT2D eigenvalue weighted by Gasteiger charge is -2.34. The lowest BCUT2D eigenvalue weighted by Crippen LogP contribution is -2.42. The molecule has 0 unspecified atom stereocenters. The molecule has 3 heteroatoms. The Morgan fingerprint density at radius 2 is 2.06 bits per heavy atom. The molecule has 0 saturated heterocycles. The minimum absolute atomic E-state index is 0.0159. The average molecular weight is 220 g/mol. The predicted octanol–water partition coefficient (Wildman–Crippen LogP) is 2.64. The molecular formula is C13H20N2O. The maximum atomic E-state index is 12.0. The third kappa shape index (κ3) is 3.37. The average Bonchev–Trinajstić information content (AvgIpc) is 2.30. The van der Waals surface area contributed by atoms with Crippen molar-refractivity contribution in [3.05, 3.63) is 12.2 Å². The van der Waals surface area contributed by atoms with E-state index in [2.05, 4.69) is 12.6 Å². The van der Waals surface area contributed by atoms with Gasteiger partial charge in [0.15, 0.2) is 0 Å². The fraction of sp³-hybridized carbons (Fsp3) is 0.692. The molecule has 1 amide bonds. The van der Waals surface area contributed by atoms with Gasteiger partial charge in [-0.25, -0.2) is 0 Å². The summed E-state index contributed by atoms with van der Waals surface area (Å²) in [6, 6.07) is 2.43. The summed E-state index contributed by atoms with van der Waals surface area (Å²) in [5, 5.41) is 8.62. The SMILES string of the molecule is C=C(C)C(=O)N(CCC#N)C1CCCCC1. The molecule has 1 rings (SSSR count). The summed E-state index contributed by atoms with van der Waals surface area (Å²) in [5.74, 6) is 0.0159. The molecular weight excluding hydrogens is 200 g/mol. The zero-order valence-corrected chi connectivity index (χ0v) is 10.0. The fourth-order valence-electron chi connectivity index (χ4n) is 2.26. The standard InChI is InChI=1S/C13H20N2O/c1-11(2)13(16)15(10-6-9-14)12-7-4-3-5-8-12/h12H,1,3-8,10H2,2H3. The summed E-state index contributed by atoms with van der Waals surface area (Å²) in [5.41, 5.74) is 0.573. The van der Waals surface area contributed by atoms with Crippen LogP contribution in [0, 0.1) is 11.3 Å². The van der Waals surface area contributed by atoms with E-state index in [1.807, 2.05) is 4.90 Å². The summed E-state index contributed by atoms with van der Waals surface area (Å²) < 4.78 is 0. The van der Waals surface area contributed by atoms with E-state index < -0.39 is 0 Å². The normalized spacial score (nSPS) is 16.5. The maximum absolute atomic E-state index is 12.0. The van der Waals surface area contributed by atoms with Crippen molar-refractivity contribution in [2.75, 3.05) is 6.54 Å². The largest absolute Gasteiger partial charge is 0.335 e. The molecule has 16 heavy (non-hydrogen) atoms. The number of hydrogen-bond donors (Lipinski definition) is 0. The second-order valence-corrected chi connectivity index (χ2v) is 4.48. The first-order valence-electron chi connectivity index (χ1n) is 6.00. The van der Waals surface area contributed by atoms with Crippen molar-refractivity contribution in [2.45, 2.75) is 51.5 Å². The Balaban J connectivity index is 2.65. The number of nitriles is 1. The molecule has 0 aromatic rings. The fourth-order valence-corrected chi connectivity index (χ4v) is 2.26. The van der Waals surface area contributed by atoms with Crippen LogP contribution in [-0.4, -0.2) is 23.4 Å². The lowest BCUT2D eigenvalue weighted by molar-refractivity contribution is -0.129. The van der Waals surface area contributed by atoms with Gasteiger partial charge < -0.3 is 4.90 Å². The molecule has 3 nitrogen and oxygen atoms in total. The molecule has 0 spiro atoms. The van der Waals surface area contributed by atoms with Crippen LogP contribution in [0.2, 0.25) is 0 Å². The highest BCUT2D eigenvalue weighted by atomic mass is 16.2. The van der Waals surface area contributed by atoms with Gasteiger partial charge in [0.05, 0.1) is 12.5 Å². The van der Waals surface area contributed by atoms with Crippen LogP contribution in [-0.2, 0) is 4.79 Å². The number of hydrogen-bond acceptors (Lipinski definition) is 2. The van der Waals surface area contributed by atoms with Crippen LogP contribution in [0.25, 0.3) is 0 Å². The Kier molecular flexibility index (Phi) is 5.04. The Hall–Kier alpha value is -1.30. The van der Waals surface area contributed by atoms with Gasteiger partial charge in [-0.2, -0.15) is 5.26 Å². The molecule has 0 heterocycles. The van der Waals surface area contributed by atoms with Crippen molar-refractivity contribution in [2.24, 2.45) is 0 Å². The zero-order chi connectivity index (χ0) is 12.0. The van der Waals surface area contributed by atoms with E-state index in [-0.39, 0.29) is 5.91 Å². The van der Waals surface area contributed by atoms with Gasteiger partial charge in [0.1, 0.15) is 0 Å². The number of carbonyl (C=O) groups excluding carboxylic acids is 1. The second-order valence-electron chi connectivity index (χ2n) is 4.48. The molecule has 1 aliphatic carbocycles. The van der Waals surface area contributed by atoms with Gasteiger partial charge >= 0.3 is 0 Å². The van der Waals surface area contributed by atoms with Crippen molar-refractivity contribution in [1.82, 2.24) is 4.90 Å². The van der Waals surface area contributed by atoms with Gasteiger partial charge in [0.2, 0.25) is 5.91 Å². The first-order valence-corrected chi connectivity index (χ1v) is 6.00. The van der Waals surface area contributed by atoms with E-state index in [0.29, 0.717) is 24.6 Å². The molecule has 0 atom stereocenters. The van der Waals surface area contributed by atoms with Crippen molar-refractivity contribution in [3.63, 3.8) is 0 Å². The highest BCUT2D eigenvalue weighted by molar-refractivity contribution is 5.92. The molecule has 1 saturated carbocycles. The van der Waals surface area contributed by atoms with Crippen molar-refractivity contribution in [3.8, 4) is 6.07 Å². The van der Waals surface area contributed by atoms with Crippen molar-refractivity contribution >= 4 is 5.91 Å². The number of amides is 1. The Labute approximate surface area is 97.7 Å². The van der Waals surface area contributed by atoms with Gasteiger partial charge in [-0.3, -0.25) is 4.79 Å². The third-order valence-electron chi connectivity index (χ3n) is 3.11. The predicted molar refractivity (Wildman–Crippen MR) is 63.6 cm³/mol. The van der Waals surface area contributed by atoms with Gasteiger partial charge in [0.25, 0.3) is 0 Å². The molecule has 0 aromatic heterocycles. The van der Waals surface area contributed by atoms with E-state index in [4.69, 9.17) is 5.26 Å². The van der Waals surface area contributed by atoms with E-state index in [9.17, 15) is 4.79 Å². The minimum Gasteiger partial charge on any atom is -0.335 e. The third-order valence-corrected chi connectivity index (χ3v) is 3.11. The van der Waals surface area contributed by atoms with E-state index in [1.165, 1.54) is 19.3 Å². The van der Waals surface area contributed by atoms with Crippen LogP contribution in [0.15, 0.2) is 12.2 Å². The Bertz CT molecular complexity index is 298. The summed E-state index contributed by atoms with van der Waals surface area (Å²) in [4.78, 5) is 13.8. The van der Waals surface area contributed by atoms with Crippen LogP contribution in [0.3, 0.4) is 0 Å². The highest BCUT2D eigenvalue weighted by Gasteiger charge is 2.24. The van der Waals surface area contributed by atoms with Crippen LogP contribution < -0.4 is 0 Å². The highest BCUT2D eigenvalue weighted by Crippen LogP contribution is 2.23. The van der Waals surface area contributed by atoms with E-state index in [0.717, 1.165) is 12.8 Å². The summed E-state index contributed by atoms with van der Waals surface area (Å²) in [7, 11) is 0. The molecule has 0 bridgehead atoms. The molecule has 1 aliphatic rings. The summed E-state index contributed by atoms with van der Waals surface area (Å²) in [6.45, 7) is 5.99. The van der Waals surface area contributed by atoms with E-state index in [1.54, 1.807) is 6.92 Å². The van der Waals surface area contributed by atoms with Gasteiger partial charge in [-0.1, -0.05) is 25.8 Å². The van der Waals surface area contributed by atoms with Crippen LogP contribution in [0.1, 0.15) is 45.4 Å². The second kappa shape index (κ2) is 6.32. The van der Waals surface area contributed by atoms with Crippen LogP contribution in [0.5, 0.6) is 0 Å². The molecule has 0 aliphatic heterocycles. The molecule has 0 radical (unpaired) electrons. The topological polar surface area (TPSA) is 44.1 Å². The first-order chi connectivity index (χ1) is 7.66. The number of rotatable bonds is 4. The Morgan fingerprint density at radius 3 is 2.56 bits per heavy atom. The molecule has 0 N–H and O–H groups in total. The van der Waals surface area contributed by atoms with Crippen LogP contribution >= 0.6 is 0 Å². The van der Waals surface area contributed by atoms with Crippen LogP contribution in [0.4, 0.5) is 0 Å². The quantitative estimate of drug-likeness (QED) is 0.684. The monoisotopic (exact) mass is 220 g/mol. The van der Waals surface area contributed by atoms with Crippen molar-refractivity contribution < 1.29 is 4.79 Å².